The van der Waals surface area contributed by atoms with Crippen LogP contribution in [0.2, 0.25) is 0 Å². The van der Waals surface area contributed by atoms with Gasteiger partial charge in [-0.15, -0.1) is 12.4 Å². The van der Waals surface area contributed by atoms with E-state index in [9.17, 15) is 4.79 Å². The molecule has 0 heterocycles. The van der Waals surface area contributed by atoms with E-state index in [2.05, 4.69) is 5.32 Å². The topological polar surface area (TPSA) is 73.6 Å². The van der Waals surface area contributed by atoms with E-state index in [1.54, 1.807) is 32.4 Å². The summed E-state index contributed by atoms with van der Waals surface area (Å²) in [6.07, 6.45) is 0. The van der Waals surface area contributed by atoms with Crippen molar-refractivity contribution in [2.45, 2.75) is 19.9 Å². The molecule has 1 atom stereocenters. The van der Waals surface area contributed by atoms with Crippen LogP contribution in [0.5, 0.6) is 11.5 Å². The highest BCUT2D eigenvalue weighted by Crippen LogP contribution is 2.29. The first-order chi connectivity index (χ1) is 8.49. The summed E-state index contributed by atoms with van der Waals surface area (Å²) in [4.78, 5) is 11.8. The number of methoxy groups -OCH3 is 2. The van der Waals surface area contributed by atoms with Crippen LogP contribution in [0.3, 0.4) is 0 Å². The van der Waals surface area contributed by atoms with E-state index in [4.69, 9.17) is 15.2 Å². The molecule has 5 nitrogen and oxygen atoms in total. The number of hydrogen-bond acceptors (Lipinski definition) is 4. The average Bonchev–Trinajstić information content (AvgIpc) is 2.37. The lowest BCUT2D eigenvalue weighted by Crippen LogP contribution is -2.39. The molecule has 19 heavy (non-hydrogen) atoms. The summed E-state index contributed by atoms with van der Waals surface area (Å²) < 4.78 is 10.3. The largest absolute Gasteiger partial charge is 0.493 e. The Morgan fingerprint density at radius 3 is 2.26 bits per heavy atom. The van der Waals surface area contributed by atoms with Crippen LogP contribution < -0.4 is 20.5 Å². The minimum absolute atomic E-state index is 0. The maximum absolute atomic E-state index is 11.8. The van der Waals surface area contributed by atoms with Crippen LogP contribution in [0.25, 0.3) is 0 Å². The van der Waals surface area contributed by atoms with E-state index in [1.807, 2.05) is 13.8 Å². The van der Waals surface area contributed by atoms with Gasteiger partial charge in [0.15, 0.2) is 11.5 Å². The molecule has 1 aromatic carbocycles. The van der Waals surface area contributed by atoms with Crippen molar-refractivity contribution in [3.05, 3.63) is 18.2 Å². The maximum atomic E-state index is 11.8. The zero-order valence-electron chi connectivity index (χ0n) is 11.6. The maximum Gasteiger partial charge on any atom is 0.241 e. The highest BCUT2D eigenvalue weighted by atomic mass is 35.5. The molecule has 0 fully saturated rings. The van der Waals surface area contributed by atoms with Crippen LogP contribution in [-0.4, -0.2) is 26.2 Å². The first-order valence-corrected chi connectivity index (χ1v) is 5.78. The Balaban J connectivity index is 0.00000324. The second kappa shape index (κ2) is 7.86. The monoisotopic (exact) mass is 288 g/mol. The lowest BCUT2D eigenvalue weighted by Gasteiger charge is -2.16. The van der Waals surface area contributed by atoms with Gasteiger partial charge in [0, 0.05) is 11.8 Å². The summed E-state index contributed by atoms with van der Waals surface area (Å²) in [7, 11) is 3.11. The Morgan fingerprint density at radius 2 is 1.79 bits per heavy atom. The average molecular weight is 289 g/mol. The molecular weight excluding hydrogens is 268 g/mol. The van der Waals surface area contributed by atoms with Crippen LogP contribution in [0.15, 0.2) is 18.2 Å². The number of anilines is 1. The Labute approximate surface area is 119 Å². The van der Waals surface area contributed by atoms with E-state index in [1.165, 1.54) is 0 Å². The van der Waals surface area contributed by atoms with Crippen LogP contribution in [0.4, 0.5) is 5.69 Å². The molecule has 1 amide bonds. The molecule has 6 heteroatoms. The molecule has 0 bridgehead atoms. The van der Waals surface area contributed by atoms with Crippen LogP contribution >= 0.6 is 12.4 Å². The quantitative estimate of drug-likeness (QED) is 0.870. The molecular formula is C13H21ClN2O3. The number of carbonyl (C=O) groups is 1. The fourth-order valence-electron chi connectivity index (χ4n) is 1.44. The standard InChI is InChI=1S/C13H20N2O3.ClH/c1-8(2)12(14)13(16)15-9-5-6-10(17-3)11(7-9)18-4;/h5-8,12H,14H2,1-4H3,(H,15,16);1H. The third-order valence-electron chi connectivity index (χ3n) is 2.67. The lowest BCUT2D eigenvalue weighted by molar-refractivity contribution is -0.118. The Morgan fingerprint density at radius 1 is 1.21 bits per heavy atom. The van der Waals surface area contributed by atoms with Crippen LogP contribution in [0, 0.1) is 5.92 Å². The lowest BCUT2D eigenvalue weighted by atomic mass is 10.0. The molecule has 1 unspecified atom stereocenters. The van der Waals surface area contributed by atoms with Gasteiger partial charge < -0.3 is 20.5 Å². The number of benzene rings is 1. The van der Waals surface area contributed by atoms with E-state index >= 15 is 0 Å². The highest BCUT2D eigenvalue weighted by molar-refractivity contribution is 5.95. The van der Waals surface area contributed by atoms with Crippen molar-refractivity contribution in [1.29, 1.82) is 0 Å². The minimum Gasteiger partial charge on any atom is -0.493 e. The van der Waals surface area contributed by atoms with Crippen LogP contribution in [0.1, 0.15) is 13.8 Å². The molecule has 0 aromatic heterocycles. The number of carbonyl (C=O) groups excluding carboxylic acids is 1. The zero-order valence-corrected chi connectivity index (χ0v) is 12.4. The molecule has 0 aliphatic rings. The Hall–Kier alpha value is -1.46. The smallest absolute Gasteiger partial charge is 0.241 e. The predicted octanol–water partition coefficient (Wildman–Crippen LogP) is 2.05. The van der Waals surface area contributed by atoms with Gasteiger partial charge in [0.05, 0.1) is 20.3 Å². The molecule has 0 saturated heterocycles. The van der Waals surface area contributed by atoms with Gasteiger partial charge in [0.25, 0.3) is 0 Å². The first-order valence-electron chi connectivity index (χ1n) is 5.78. The Bertz CT molecular complexity index is 424. The number of rotatable bonds is 5. The van der Waals surface area contributed by atoms with E-state index in [0.717, 1.165) is 0 Å². The number of nitrogens with two attached hydrogens (primary N) is 1. The number of nitrogens with one attached hydrogen (secondary N) is 1. The third kappa shape index (κ3) is 4.61. The normalized spacial score (nSPS) is 11.5. The zero-order chi connectivity index (χ0) is 13.7. The third-order valence-corrected chi connectivity index (χ3v) is 2.67. The van der Waals surface area contributed by atoms with Gasteiger partial charge in [-0.3, -0.25) is 4.79 Å². The van der Waals surface area contributed by atoms with Crippen molar-refractivity contribution >= 4 is 24.0 Å². The number of halogens is 1. The molecule has 1 aromatic rings. The molecule has 108 valence electrons. The summed E-state index contributed by atoms with van der Waals surface area (Å²) in [5, 5.41) is 2.75. The van der Waals surface area contributed by atoms with Crippen molar-refractivity contribution in [2.75, 3.05) is 19.5 Å². The van der Waals surface area contributed by atoms with Gasteiger partial charge in [-0.2, -0.15) is 0 Å². The van der Waals surface area contributed by atoms with Gasteiger partial charge in [-0.05, 0) is 18.1 Å². The summed E-state index contributed by atoms with van der Waals surface area (Å²) in [6.45, 7) is 3.80. The molecule has 0 aliphatic carbocycles. The fourth-order valence-corrected chi connectivity index (χ4v) is 1.44. The van der Waals surface area contributed by atoms with Crippen molar-refractivity contribution in [3.63, 3.8) is 0 Å². The summed E-state index contributed by atoms with van der Waals surface area (Å²) in [5.41, 5.74) is 6.40. The fraction of sp³-hybridized carbons (Fsp3) is 0.462. The van der Waals surface area contributed by atoms with Crippen molar-refractivity contribution in [2.24, 2.45) is 11.7 Å². The van der Waals surface area contributed by atoms with Gasteiger partial charge in [0.2, 0.25) is 5.91 Å². The highest BCUT2D eigenvalue weighted by Gasteiger charge is 2.17. The minimum atomic E-state index is -0.530. The second-order valence-electron chi connectivity index (χ2n) is 4.33. The summed E-state index contributed by atoms with van der Waals surface area (Å²) >= 11 is 0. The molecule has 0 saturated carbocycles. The van der Waals surface area contributed by atoms with Crippen LogP contribution in [-0.2, 0) is 4.79 Å². The second-order valence-corrected chi connectivity index (χ2v) is 4.33. The summed E-state index contributed by atoms with van der Waals surface area (Å²) in [5.74, 6) is 1.06. The van der Waals surface area contributed by atoms with Gasteiger partial charge in [0.1, 0.15) is 0 Å². The van der Waals surface area contributed by atoms with Crippen molar-refractivity contribution in [1.82, 2.24) is 0 Å². The molecule has 0 radical (unpaired) electrons. The van der Waals surface area contributed by atoms with Gasteiger partial charge in [-0.25, -0.2) is 0 Å². The van der Waals surface area contributed by atoms with Gasteiger partial charge in [-0.1, -0.05) is 13.8 Å². The van der Waals surface area contributed by atoms with Crippen molar-refractivity contribution in [3.8, 4) is 11.5 Å². The number of ether oxygens (including phenoxy) is 2. The number of amides is 1. The molecule has 1 rings (SSSR count). The number of hydrogen-bond donors (Lipinski definition) is 2. The first kappa shape index (κ1) is 17.5. The Kier molecular flexibility index (Phi) is 7.26. The van der Waals surface area contributed by atoms with Gasteiger partial charge >= 0.3 is 0 Å². The predicted molar refractivity (Wildman–Crippen MR) is 78.2 cm³/mol. The molecule has 0 aliphatic heterocycles. The summed E-state index contributed by atoms with van der Waals surface area (Å²) in [6, 6.07) is 4.64. The van der Waals surface area contributed by atoms with E-state index in [0.29, 0.717) is 17.2 Å². The molecule has 0 spiro atoms. The van der Waals surface area contributed by atoms with E-state index in [-0.39, 0.29) is 24.2 Å². The van der Waals surface area contributed by atoms with E-state index < -0.39 is 6.04 Å². The SMILES string of the molecule is COc1ccc(NC(=O)C(N)C(C)C)cc1OC.Cl. The molecule has 3 N–H and O–H groups in total. The van der Waals surface area contributed by atoms with Crippen molar-refractivity contribution < 1.29 is 14.3 Å².